The van der Waals surface area contributed by atoms with E-state index in [9.17, 15) is 19.8 Å². The monoisotopic (exact) mass is 444 g/mol. The first-order chi connectivity index (χ1) is 15.6. The highest BCUT2D eigenvalue weighted by molar-refractivity contribution is 6.58. The number of nitrogens with two attached hydrogens (primary N) is 2. The Hall–Kier alpha value is -4.84. The van der Waals surface area contributed by atoms with E-state index in [2.05, 4.69) is 0 Å². The lowest BCUT2D eigenvalue weighted by atomic mass is 9.80. The lowest BCUT2D eigenvalue weighted by Gasteiger charge is -2.10. The summed E-state index contributed by atoms with van der Waals surface area (Å²) in [4.78, 5) is 21.6. The zero-order valence-electron chi connectivity index (χ0n) is 16.9. The minimum atomic E-state index is -1.51. The third-order valence-corrected chi connectivity index (χ3v) is 4.46. The Morgan fingerprint density at radius 1 is 0.818 bits per heavy atom. The van der Waals surface area contributed by atoms with Gasteiger partial charge in [-0.1, -0.05) is 24.3 Å². The molecule has 0 heterocycles. The molecule has 0 atom stereocenters. The zero-order chi connectivity index (χ0) is 24.7. The molecule has 164 valence electrons. The van der Waals surface area contributed by atoms with Gasteiger partial charge in [-0.25, -0.2) is 0 Å². The van der Waals surface area contributed by atoms with Crippen molar-refractivity contribution in [2.45, 2.75) is 0 Å². The second-order valence-corrected chi connectivity index (χ2v) is 6.57. The number of nitriles is 2. The molecule has 0 unspecified atom stereocenters. The summed E-state index contributed by atoms with van der Waals surface area (Å²) in [5, 5.41) is 54.9. The minimum Gasteiger partial charge on any atom is -0.504 e. The molecule has 11 heteroatoms. The number of phenolic OH excluding ortho intramolecular Hbond substituents is 2. The van der Waals surface area contributed by atoms with Crippen LogP contribution >= 0.6 is 0 Å². The molecule has 3 aromatic carbocycles. The molecule has 0 aliphatic heterocycles. The molecule has 3 aromatic rings. The number of primary amides is 2. The smallest absolute Gasteiger partial charge is 0.488 e. The number of nitrogens with zero attached hydrogens (tertiary/aromatic N) is 2. The maximum atomic E-state index is 11.0. The normalized spacial score (nSPS) is 9.58. The van der Waals surface area contributed by atoms with Crippen molar-refractivity contribution in [3.05, 3.63) is 76.9 Å². The van der Waals surface area contributed by atoms with E-state index in [1.807, 2.05) is 6.07 Å². The SMILES string of the molecule is N#Cc1cc(O)c(O)c(C#N)c1-c1ccc(C(N)=O)cc1.NC(=O)c1ccc(B(O)O)cc1. The van der Waals surface area contributed by atoms with Crippen molar-refractivity contribution < 1.29 is 29.9 Å². The van der Waals surface area contributed by atoms with E-state index in [-0.39, 0.29) is 22.3 Å². The van der Waals surface area contributed by atoms with Crippen molar-refractivity contribution in [2.24, 2.45) is 11.5 Å². The molecule has 10 nitrogen and oxygen atoms in total. The molecule has 0 radical (unpaired) electrons. The van der Waals surface area contributed by atoms with Crippen molar-refractivity contribution in [1.82, 2.24) is 0 Å². The maximum Gasteiger partial charge on any atom is 0.488 e. The van der Waals surface area contributed by atoms with Crippen LogP contribution in [0.3, 0.4) is 0 Å². The summed E-state index contributed by atoms with van der Waals surface area (Å²) in [7, 11) is -1.51. The number of hydrogen-bond donors (Lipinski definition) is 6. The van der Waals surface area contributed by atoms with Crippen LogP contribution in [0.15, 0.2) is 54.6 Å². The molecule has 0 spiro atoms. The second kappa shape index (κ2) is 10.5. The minimum absolute atomic E-state index is 0.0358. The van der Waals surface area contributed by atoms with Crippen molar-refractivity contribution >= 4 is 24.4 Å². The van der Waals surface area contributed by atoms with Gasteiger partial charge in [-0.05, 0) is 35.3 Å². The van der Waals surface area contributed by atoms with Gasteiger partial charge in [0.15, 0.2) is 11.5 Å². The first-order valence-corrected chi connectivity index (χ1v) is 9.16. The third-order valence-electron chi connectivity index (χ3n) is 4.46. The van der Waals surface area contributed by atoms with Crippen molar-refractivity contribution in [3.63, 3.8) is 0 Å². The molecule has 0 aliphatic rings. The molecule has 8 N–H and O–H groups in total. The number of carbonyl (C=O) groups is 2. The van der Waals surface area contributed by atoms with E-state index in [0.717, 1.165) is 6.07 Å². The Kier molecular flexibility index (Phi) is 7.75. The van der Waals surface area contributed by atoms with Crippen LogP contribution in [0.1, 0.15) is 31.8 Å². The summed E-state index contributed by atoms with van der Waals surface area (Å²) in [6.45, 7) is 0. The predicted molar refractivity (Wildman–Crippen MR) is 118 cm³/mol. The lowest BCUT2D eigenvalue weighted by Crippen LogP contribution is -2.29. The molecule has 0 fully saturated rings. The number of benzene rings is 3. The van der Waals surface area contributed by atoms with Gasteiger partial charge in [0.1, 0.15) is 11.6 Å². The Morgan fingerprint density at radius 2 is 1.30 bits per heavy atom. The lowest BCUT2D eigenvalue weighted by molar-refractivity contribution is 0.0992. The Bertz CT molecular complexity index is 1280. The van der Waals surface area contributed by atoms with E-state index >= 15 is 0 Å². The fourth-order valence-electron chi connectivity index (χ4n) is 2.78. The van der Waals surface area contributed by atoms with E-state index in [4.69, 9.17) is 32.0 Å². The summed E-state index contributed by atoms with van der Waals surface area (Å²) < 4.78 is 0. The van der Waals surface area contributed by atoms with Crippen LogP contribution in [0.2, 0.25) is 0 Å². The van der Waals surface area contributed by atoms with E-state index in [1.165, 1.54) is 48.5 Å². The number of hydrogen-bond acceptors (Lipinski definition) is 8. The quantitative estimate of drug-likeness (QED) is 0.239. The van der Waals surface area contributed by atoms with Gasteiger partial charge in [0.2, 0.25) is 11.8 Å². The molecular weight excluding hydrogens is 427 g/mol. The van der Waals surface area contributed by atoms with Crippen molar-refractivity contribution in [2.75, 3.05) is 0 Å². The predicted octanol–water partition coefficient (Wildman–Crippen LogP) is 0.0724. The highest BCUT2D eigenvalue weighted by atomic mass is 16.4. The van der Waals surface area contributed by atoms with Crippen molar-refractivity contribution in [1.29, 1.82) is 10.5 Å². The molecule has 0 aromatic heterocycles. The highest BCUT2D eigenvalue weighted by Gasteiger charge is 2.19. The third kappa shape index (κ3) is 5.65. The molecule has 3 rings (SSSR count). The van der Waals surface area contributed by atoms with Crippen LogP contribution in [0.5, 0.6) is 11.5 Å². The summed E-state index contributed by atoms with van der Waals surface area (Å²) in [6.07, 6.45) is 0. The average Bonchev–Trinajstić information content (AvgIpc) is 2.80. The van der Waals surface area contributed by atoms with Gasteiger partial charge >= 0.3 is 7.12 Å². The molecule has 0 saturated heterocycles. The van der Waals surface area contributed by atoms with Crippen molar-refractivity contribution in [3.8, 4) is 34.8 Å². The Labute approximate surface area is 188 Å². The summed E-state index contributed by atoms with van der Waals surface area (Å²) in [5.74, 6) is -2.27. The second-order valence-electron chi connectivity index (χ2n) is 6.57. The molecule has 33 heavy (non-hydrogen) atoms. The van der Waals surface area contributed by atoms with Gasteiger partial charge in [-0.15, -0.1) is 0 Å². The van der Waals surface area contributed by atoms with Gasteiger partial charge in [0.25, 0.3) is 0 Å². The van der Waals surface area contributed by atoms with E-state index in [1.54, 1.807) is 6.07 Å². The largest absolute Gasteiger partial charge is 0.504 e. The summed E-state index contributed by atoms with van der Waals surface area (Å²) >= 11 is 0. The summed E-state index contributed by atoms with van der Waals surface area (Å²) in [6, 6.07) is 16.4. The van der Waals surface area contributed by atoms with Gasteiger partial charge in [0.05, 0.1) is 11.6 Å². The first kappa shape index (κ1) is 24.4. The highest BCUT2D eigenvalue weighted by Crippen LogP contribution is 2.39. The number of amides is 2. The van der Waals surface area contributed by atoms with Crippen LogP contribution in [-0.2, 0) is 0 Å². The van der Waals surface area contributed by atoms with Crippen LogP contribution in [0.25, 0.3) is 11.1 Å². The van der Waals surface area contributed by atoms with E-state index < -0.39 is 30.4 Å². The molecule has 0 saturated carbocycles. The average molecular weight is 444 g/mol. The first-order valence-electron chi connectivity index (χ1n) is 9.16. The Balaban J connectivity index is 0.000000273. The molecule has 0 aliphatic carbocycles. The fraction of sp³-hybridized carbons (Fsp3) is 0. The van der Waals surface area contributed by atoms with Gasteiger partial charge in [-0.2, -0.15) is 10.5 Å². The zero-order valence-corrected chi connectivity index (χ0v) is 16.9. The standard InChI is InChI=1S/C15H9N3O3.C7H8BNO3/c16-6-10-5-12(19)14(20)11(7-17)13(10)8-1-3-9(4-2-8)15(18)21;9-7(10)5-1-3-6(4-2-5)8(11)12/h1-5,19-20H,(H2,18,21);1-4,11-12H,(H2,9,10). The number of carbonyl (C=O) groups excluding carboxylic acids is 2. The maximum absolute atomic E-state index is 11.0. The molecule has 2 amide bonds. The number of aromatic hydroxyl groups is 2. The van der Waals surface area contributed by atoms with Gasteiger partial charge < -0.3 is 31.7 Å². The van der Waals surface area contributed by atoms with Gasteiger partial charge in [-0.3, -0.25) is 9.59 Å². The number of rotatable bonds is 4. The topological polar surface area (TPSA) is 215 Å². The van der Waals surface area contributed by atoms with Gasteiger partial charge in [0, 0.05) is 22.8 Å². The molecular formula is C22H17BN4O6. The number of phenols is 2. The van der Waals surface area contributed by atoms with Crippen LogP contribution < -0.4 is 16.9 Å². The Morgan fingerprint density at radius 3 is 1.70 bits per heavy atom. The fourth-order valence-corrected chi connectivity index (χ4v) is 2.78. The summed E-state index contributed by atoms with van der Waals surface area (Å²) in [5.41, 5.74) is 11.5. The molecule has 0 bridgehead atoms. The van der Waals surface area contributed by atoms with Crippen LogP contribution in [0.4, 0.5) is 0 Å². The van der Waals surface area contributed by atoms with E-state index in [0.29, 0.717) is 16.6 Å². The van der Waals surface area contributed by atoms with Crippen LogP contribution in [-0.4, -0.2) is 39.2 Å². The van der Waals surface area contributed by atoms with Crippen LogP contribution in [0, 0.1) is 22.7 Å².